The SMILES string of the molecule is CC(C)Oc1ccc(C#N)cc1NCC(=O)NC1(C#N)CCCC1. The van der Waals surface area contributed by atoms with Gasteiger partial charge in [0, 0.05) is 0 Å². The second-order valence-electron chi connectivity index (χ2n) is 6.29. The highest BCUT2D eigenvalue weighted by Crippen LogP contribution is 2.29. The predicted molar refractivity (Wildman–Crippen MR) is 90.4 cm³/mol. The molecule has 0 bridgehead atoms. The fourth-order valence-electron chi connectivity index (χ4n) is 2.82. The number of amides is 1. The highest BCUT2D eigenvalue weighted by atomic mass is 16.5. The number of nitrogens with one attached hydrogen (secondary N) is 2. The molecule has 0 spiro atoms. The lowest BCUT2D eigenvalue weighted by Gasteiger charge is -2.22. The number of hydrogen-bond acceptors (Lipinski definition) is 5. The van der Waals surface area contributed by atoms with Crippen LogP contribution in [-0.2, 0) is 4.79 Å². The van der Waals surface area contributed by atoms with Gasteiger partial charge in [-0.15, -0.1) is 0 Å². The van der Waals surface area contributed by atoms with Gasteiger partial charge in [0.25, 0.3) is 0 Å². The van der Waals surface area contributed by atoms with Gasteiger partial charge in [0.1, 0.15) is 11.3 Å². The first-order valence-corrected chi connectivity index (χ1v) is 8.15. The van der Waals surface area contributed by atoms with Crippen molar-refractivity contribution in [3.8, 4) is 17.9 Å². The zero-order valence-electron chi connectivity index (χ0n) is 14.1. The number of benzene rings is 1. The molecule has 1 aromatic rings. The minimum Gasteiger partial charge on any atom is -0.489 e. The number of rotatable bonds is 6. The fourth-order valence-corrected chi connectivity index (χ4v) is 2.82. The third-order valence-corrected chi connectivity index (χ3v) is 3.96. The van der Waals surface area contributed by atoms with Gasteiger partial charge in [0.2, 0.25) is 5.91 Å². The van der Waals surface area contributed by atoms with Gasteiger partial charge in [-0.3, -0.25) is 4.79 Å². The molecule has 6 heteroatoms. The van der Waals surface area contributed by atoms with Gasteiger partial charge in [-0.1, -0.05) is 0 Å². The van der Waals surface area contributed by atoms with Crippen LogP contribution in [0.4, 0.5) is 5.69 Å². The molecule has 0 unspecified atom stereocenters. The quantitative estimate of drug-likeness (QED) is 0.837. The predicted octanol–water partition coefficient (Wildman–Crippen LogP) is 2.71. The maximum absolute atomic E-state index is 12.2. The van der Waals surface area contributed by atoms with Gasteiger partial charge in [-0.2, -0.15) is 10.5 Å². The first-order chi connectivity index (χ1) is 11.5. The van der Waals surface area contributed by atoms with E-state index in [4.69, 9.17) is 10.00 Å². The van der Waals surface area contributed by atoms with E-state index in [1.165, 1.54) is 0 Å². The lowest BCUT2D eigenvalue weighted by Crippen LogP contribution is -2.47. The summed E-state index contributed by atoms with van der Waals surface area (Å²) in [6.45, 7) is 3.84. The molecular formula is C18H22N4O2. The fraction of sp³-hybridized carbons (Fsp3) is 0.500. The maximum Gasteiger partial charge on any atom is 0.240 e. The van der Waals surface area contributed by atoms with Crippen molar-refractivity contribution in [2.45, 2.75) is 51.2 Å². The number of carbonyl (C=O) groups excluding carboxylic acids is 1. The highest BCUT2D eigenvalue weighted by Gasteiger charge is 2.35. The highest BCUT2D eigenvalue weighted by molar-refractivity contribution is 5.82. The van der Waals surface area contributed by atoms with Crippen molar-refractivity contribution in [3.63, 3.8) is 0 Å². The van der Waals surface area contributed by atoms with E-state index < -0.39 is 5.54 Å². The Morgan fingerprint density at radius 2 is 2.04 bits per heavy atom. The van der Waals surface area contributed by atoms with E-state index in [1.54, 1.807) is 18.2 Å². The van der Waals surface area contributed by atoms with E-state index >= 15 is 0 Å². The van der Waals surface area contributed by atoms with Crippen molar-refractivity contribution in [2.75, 3.05) is 11.9 Å². The average Bonchev–Trinajstić information content (AvgIpc) is 3.02. The topological polar surface area (TPSA) is 97.9 Å². The minimum atomic E-state index is -0.732. The Labute approximate surface area is 142 Å². The van der Waals surface area contributed by atoms with Gasteiger partial charge in [0.15, 0.2) is 0 Å². The van der Waals surface area contributed by atoms with Crippen LogP contribution in [0, 0.1) is 22.7 Å². The lowest BCUT2D eigenvalue weighted by molar-refractivity contribution is -0.120. The number of anilines is 1. The van der Waals surface area contributed by atoms with Crippen LogP contribution in [0.25, 0.3) is 0 Å². The zero-order chi connectivity index (χ0) is 17.6. The number of nitriles is 2. The molecule has 2 N–H and O–H groups in total. The number of hydrogen-bond donors (Lipinski definition) is 2. The number of carbonyl (C=O) groups is 1. The summed E-state index contributed by atoms with van der Waals surface area (Å²) in [5.74, 6) is 0.351. The third kappa shape index (κ3) is 4.39. The van der Waals surface area contributed by atoms with Crippen LogP contribution < -0.4 is 15.4 Å². The van der Waals surface area contributed by atoms with Crippen molar-refractivity contribution in [3.05, 3.63) is 23.8 Å². The van der Waals surface area contributed by atoms with Gasteiger partial charge in [-0.25, -0.2) is 0 Å². The molecule has 1 aliphatic rings. The molecule has 1 fully saturated rings. The molecule has 0 radical (unpaired) electrons. The van der Waals surface area contributed by atoms with Crippen molar-refractivity contribution >= 4 is 11.6 Å². The summed E-state index contributed by atoms with van der Waals surface area (Å²) in [7, 11) is 0. The van der Waals surface area contributed by atoms with Crippen molar-refractivity contribution in [1.82, 2.24) is 5.32 Å². The Morgan fingerprint density at radius 3 is 2.62 bits per heavy atom. The largest absolute Gasteiger partial charge is 0.489 e. The van der Waals surface area contributed by atoms with Crippen molar-refractivity contribution < 1.29 is 9.53 Å². The van der Waals surface area contributed by atoms with Crippen LogP contribution in [0.3, 0.4) is 0 Å². The van der Waals surface area contributed by atoms with Crippen molar-refractivity contribution in [2.24, 2.45) is 0 Å². The van der Waals surface area contributed by atoms with E-state index in [1.807, 2.05) is 13.8 Å². The minimum absolute atomic E-state index is 0.0206. The first kappa shape index (κ1) is 17.6. The molecule has 1 aliphatic carbocycles. The molecular weight excluding hydrogens is 304 g/mol. The monoisotopic (exact) mass is 326 g/mol. The van der Waals surface area contributed by atoms with Crippen LogP contribution in [0.5, 0.6) is 5.75 Å². The number of nitrogens with zero attached hydrogens (tertiary/aromatic N) is 2. The normalized spacial score (nSPS) is 15.4. The van der Waals surface area contributed by atoms with Crippen LogP contribution in [-0.4, -0.2) is 24.1 Å². The maximum atomic E-state index is 12.2. The Balaban J connectivity index is 2.03. The van der Waals surface area contributed by atoms with E-state index in [0.29, 0.717) is 29.8 Å². The molecule has 0 aromatic heterocycles. The Morgan fingerprint density at radius 1 is 1.33 bits per heavy atom. The molecule has 24 heavy (non-hydrogen) atoms. The summed E-state index contributed by atoms with van der Waals surface area (Å²) in [6, 6.07) is 9.35. The van der Waals surface area contributed by atoms with Crippen LogP contribution >= 0.6 is 0 Å². The zero-order valence-corrected chi connectivity index (χ0v) is 14.1. The molecule has 126 valence electrons. The summed E-state index contributed by atoms with van der Waals surface area (Å²) in [4.78, 5) is 12.2. The van der Waals surface area contributed by atoms with E-state index in [2.05, 4.69) is 22.8 Å². The first-order valence-electron chi connectivity index (χ1n) is 8.15. The summed E-state index contributed by atoms with van der Waals surface area (Å²) in [5, 5.41) is 24.2. The lowest BCUT2D eigenvalue weighted by atomic mass is 10.00. The Kier molecular flexibility index (Phi) is 5.65. The van der Waals surface area contributed by atoms with Crippen LogP contribution in [0.2, 0.25) is 0 Å². The molecule has 0 atom stereocenters. The van der Waals surface area contributed by atoms with Crippen molar-refractivity contribution in [1.29, 1.82) is 10.5 Å². The summed E-state index contributed by atoms with van der Waals surface area (Å²) in [5.41, 5.74) is 0.346. The summed E-state index contributed by atoms with van der Waals surface area (Å²) >= 11 is 0. The molecule has 0 saturated heterocycles. The Bertz CT molecular complexity index is 679. The molecule has 6 nitrogen and oxygen atoms in total. The Hall–Kier alpha value is -2.73. The third-order valence-electron chi connectivity index (χ3n) is 3.96. The van der Waals surface area contributed by atoms with Crippen LogP contribution in [0.15, 0.2) is 18.2 Å². The number of ether oxygens (including phenoxy) is 1. The molecule has 0 aliphatic heterocycles. The van der Waals surface area contributed by atoms with Crippen LogP contribution in [0.1, 0.15) is 45.1 Å². The molecule has 1 aromatic carbocycles. The molecule has 2 rings (SSSR count). The summed E-state index contributed by atoms with van der Waals surface area (Å²) < 4.78 is 5.70. The van der Waals surface area contributed by atoms with Gasteiger partial charge in [0.05, 0.1) is 36.0 Å². The average molecular weight is 326 g/mol. The molecule has 1 amide bonds. The van der Waals surface area contributed by atoms with Gasteiger partial charge in [-0.05, 0) is 57.7 Å². The standard InChI is InChI=1S/C18H22N4O2/c1-13(2)24-16-6-5-14(10-19)9-15(16)21-11-17(23)22-18(12-20)7-3-4-8-18/h5-6,9,13,21H,3-4,7-8,11H2,1-2H3,(H,22,23). The molecule has 0 heterocycles. The second kappa shape index (κ2) is 7.70. The van der Waals surface area contributed by atoms with Gasteiger partial charge >= 0.3 is 0 Å². The van der Waals surface area contributed by atoms with E-state index in [0.717, 1.165) is 12.8 Å². The smallest absolute Gasteiger partial charge is 0.240 e. The van der Waals surface area contributed by atoms with E-state index in [-0.39, 0.29) is 18.6 Å². The van der Waals surface area contributed by atoms with Gasteiger partial charge < -0.3 is 15.4 Å². The second-order valence-corrected chi connectivity index (χ2v) is 6.29. The molecule has 1 saturated carbocycles. The summed E-state index contributed by atoms with van der Waals surface area (Å²) in [6.07, 6.45) is 3.28. The van der Waals surface area contributed by atoms with E-state index in [9.17, 15) is 10.1 Å².